The van der Waals surface area contributed by atoms with Crippen molar-refractivity contribution in [2.75, 3.05) is 0 Å². The Morgan fingerprint density at radius 3 is 2.46 bits per heavy atom. The second-order valence-corrected chi connectivity index (χ2v) is 4.53. The fraction of sp³-hybridized carbons (Fsp3) is 0.900. The van der Waals surface area contributed by atoms with E-state index in [1.807, 2.05) is 13.8 Å². The molecular formula is C10H18O3. The minimum Gasteiger partial charge on any atom is -0.390 e. The van der Waals surface area contributed by atoms with Gasteiger partial charge in [0.05, 0.1) is 6.10 Å². The molecule has 0 aromatic heterocycles. The van der Waals surface area contributed by atoms with E-state index in [1.165, 1.54) is 6.92 Å². The lowest BCUT2D eigenvalue weighted by molar-refractivity contribution is -0.158. The molecule has 1 fully saturated rings. The number of rotatable bonds is 1. The minimum atomic E-state index is -1.52. The van der Waals surface area contributed by atoms with Gasteiger partial charge in [-0.25, -0.2) is 0 Å². The lowest BCUT2D eigenvalue weighted by atomic mass is 9.73. The average molecular weight is 186 g/mol. The Bertz CT molecular complexity index is 208. The summed E-state index contributed by atoms with van der Waals surface area (Å²) in [4.78, 5) is 11.4. The first-order chi connectivity index (χ1) is 5.85. The number of Topliss-reactive ketones (excluding diaryl/α,β-unsaturated/α-hetero) is 1. The van der Waals surface area contributed by atoms with Crippen molar-refractivity contribution in [1.82, 2.24) is 0 Å². The van der Waals surface area contributed by atoms with Gasteiger partial charge < -0.3 is 10.2 Å². The predicted octanol–water partition coefficient (Wildman–Crippen LogP) is 0.733. The van der Waals surface area contributed by atoms with E-state index >= 15 is 0 Å². The summed E-state index contributed by atoms with van der Waals surface area (Å²) in [6.45, 7) is 5.46. The first-order valence-corrected chi connectivity index (χ1v) is 4.79. The zero-order valence-corrected chi connectivity index (χ0v) is 8.45. The standard InChI is InChI=1S/C10H18O3/c1-6(2)7-4-8(11)10(3,13)9(12)5-7/h6-8,11,13H,4-5H2,1-3H3/t7-,8-,10-/m1/s1. The maximum atomic E-state index is 11.4. The summed E-state index contributed by atoms with van der Waals surface area (Å²) in [6, 6.07) is 0. The number of aliphatic hydroxyl groups is 2. The van der Waals surface area contributed by atoms with Crippen LogP contribution in [-0.2, 0) is 4.79 Å². The van der Waals surface area contributed by atoms with Crippen LogP contribution in [0.25, 0.3) is 0 Å². The van der Waals surface area contributed by atoms with Gasteiger partial charge in [0.2, 0.25) is 0 Å². The van der Waals surface area contributed by atoms with Crippen LogP contribution in [-0.4, -0.2) is 27.7 Å². The molecule has 0 bridgehead atoms. The summed E-state index contributed by atoms with van der Waals surface area (Å²) < 4.78 is 0. The summed E-state index contributed by atoms with van der Waals surface area (Å²) in [5.41, 5.74) is -1.52. The molecule has 0 radical (unpaired) electrons. The van der Waals surface area contributed by atoms with Crippen LogP contribution < -0.4 is 0 Å². The predicted molar refractivity (Wildman–Crippen MR) is 49.2 cm³/mol. The second-order valence-electron chi connectivity index (χ2n) is 4.53. The average Bonchev–Trinajstić information content (AvgIpc) is 2.00. The first kappa shape index (κ1) is 10.7. The van der Waals surface area contributed by atoms with Crippen LogP contribution in [0.15, 0.2) is 0 Å². The quantitative estimate of drug-likeness (QED) is 0.635. The monoisotopic (exact) mass is 186 g/mol. The molecule has 1 rings (SSSR count). The van der Waals surface area contributed by atoms with Crippen molar-refractivity contribution < 1.29 is 15.0 Å². The van der Waals surface area contributed by atoms with Gasteiger partial charge in [-0.15, -0.1) is 0 Å². The zero-order valence-electron chi connectivity index (χ0n) is 8.45. The smallest absolute Gasteiger partial charge is 0.167 e. The highest BCUT2D eigenvalue weighted by atomic mass is 16.3. The third-order valence-corrected chi connectivity index (χ3v) is 3.13. The van der Waals surface area contributed by atoms with Crippen LogP contribution in [0.3, 0.4) is 0 Å². The van der Waals surface area contributed by atoms with Gasteiger partial charge in [-0.1, -0.05) is 13.8 Å². The summed E-state index contributed by atoms with van der Waals surface area (Å²) in [5, 5.41) is 19.2. The van der Waals surface area contributed by atoms with Gasteiger partial charge in [0.1, 0.15) is 5.60 Å². The maximum Gasteiger partial charge on any atom is 0.167 e. The third kappa shape index (κ3) is 1.92. The Hall–Kier alpha value is -0.410. The molecule has 0 aromatic carbocycles. The van der Waals surface area contributed by atoms with Gasteiger partial charge in [0.15, 0.2) is 5.78 Å². The van der Waals surface area contributed by atoms with Crippen molar-refractivity contribution in [2.45, 2.75) is 45.3 Å². The highest BCUT2D eigenvalue weighted by molar-refractivity contribution is 5.88. The Kier molecular flexibility index (Phi) is 2.78. The van der Waals surface area contributed by atoms with Crippen LogP contribution in [0.1, 0.15) is 33.6 Å². The van der Waals surface area contributed by atoms with Crippen LogP contribution in [0.4, 0.5) is 0 Å². The molecule has 0 saturated heterocycles. The van der Waals surface area contributed by atoms with Crippen molar-refractivity contribution in [2.24, 2.45) is 11.8 Å². The summed E-state index contributed by atoms with van der Waals surface area (Å²) in [5.74, 6) is 0.363. The molecule has 1 saturated carbocycles. The molecule has 3 nitrogen and oxygen atoms in total. The first-order valence-electron chi connectivity index (χ1n) is 4.79. The largest absolute Gasteiger partial charge is 0.390 e. The second kappa shape index (κ2) is 3.39. The van der Waals surface area contributed by atoms with E-state index in [-0.39, 0.29) is 11.7 Å². The SMILES string of the molecule is CC(C)[C@H]1CC(=O)[C@](C)(O)[C@H](O)C1. The van der Waals surface area contributed by atoms with E-state index in [4.69, 9.17) is 0 Å². The van der Waals surface area contributed by atoms with Crippen molar-refractivity contribution in [3.63, 3.8) is 0 Å². The molecule has 2 N–H and O–H groups in total. The summed E-state index contributed by atoms with van der Waals surface area (Å²) >= 11 is 0. The normalized spacial score (nSPS) is 41.2. The highest BCUT2D eigenvalue weighted by Gasteiger charge is 2.44. The van der Waals surface area contributed by atoms with Gasteiger partial charge >= 0.3 is 0 Å². The van der Waals surface area contributed by atoms with Crippen LogP contribution in [0.2, 0.25) is 0 Å². The van der Waals surface area contributed by atoms with E-state index in [0.29, 0.717) is 18.8 Å². The van der Waals surface area contributed by atoms with E-state index in [2.05, 4.69) is 0 Å². The van der Waals surface area contributed by atoms with Gasteiger partial charge in [-0.05, 0) is 25.2 Å². The number of hydrogen-bond donors (Lipinski definition) is 2. The third-order valence-electron chi connectivity index (χ3n) is 3.13. The molecule has 0 amide bonds. The van der Waals surface area contributed by atoms with Crippen molar-refractivity contribution >= 4 is 5.78 Å². The molecule has 1 aliphatic rings. The van der Waals surface area contributed by atoms with Gasteiger partial charge in [-0.2, -0.15) is 0 Å². The topological polar surface area (TPSA) is 57.5 Å². The molecule has 13 heavy (non-hydrogen) atoms. The lowest BCUT2D eigenvalue weighted by Crippen LogP contribution is -2.52. The number of ketones is 1. The van der Waals surface area contributed by atoms with Gasteiger partial charge in [0.25, 0.3) is 0 Å². The van der Waals surface area contributed by atoms with E-state index in [1.54, 1.807) is 0 Å². The Morgan fingerprint density at radius 2 is 2.08 bits per heavy atom. The minimum absolute atomic E-state index is 0.211. The number of carbonyl (C=O) groups excluding carboxylic acids is 1. The number of hydrogen-bond acceptors (Lipinski definition) is 3. The number of aliphatic hydroxyl groups excluding tert-OH is 1. The molecule has 1 aliphatic carbocycles. The molecule has 0 spiro atoms. The summed E-state index contributed by atoms with van der Waals surface area (Å²) in [7, 11) is 0. The van der Waals surface area contributed by atoms with Crippen molar-refractivity contribution in [1.29, 1.82) is 0 Å². The van der Waals surface area contributed by atoms with Crippen LogP contribution in [0.5, 0.6) is 0 Å². The molecule has 0 aliphatic heterocycles. The van der Waals surface area contributed by atoms with E-state index in [0.717, 1.165) is 0 Å². The fourth-order valence-electron chi connectivity index (χ4n) is 1.74. The molecule has 3 atom stereocenters. The van der Waals surface area contributed by atoms with E-state index < -0.39 is 11.7 Å². The molecule has 0 heterocycles. The van der Waals surface area contributed by atoms with Gasteiger partial charge in [-0.3, -0.25) is 4.79 Å². The molecular weight excluding hydrogens is 168 g/mol. The summed E-state index contributed by atoms with van der Waals surface area (Å²) in [6.07, 6.45) is 0.0131. The molecule has 76 valence electrons. The number of carbonyl (C=O) groups is 1. The maximum absolute atomic E-state index is 11.4. The Morgan fingerprint density at radius 1 is 1.54 bits per heavy atom. The van der Waals surface area contributed by atoms with E-state index in [9.17, 15) is 15.0 Å². The van der Waals surface area contributed by atoms with Crippen molar-refractivity contribution in [3.8, 4) is 0 Å². The highest BCUT2D eigenvalue weighted by Crippen LogP contribution is 2.33. The zero-order chi connectivity index (χ0) is 10.2. The molecule has 0 unspecified atom stereocenters. The molecule has 0 aromatic rings. The van der Waals surface area contributed by atoms with Crippen molar-refractivity contribution in [3.05, 3.63) is 0 Å². The van der Waals surface area contributed by atoms with Gasteiger partial charge in [0, 0.05) is 6.42 Å². The van der Waals surface area contributed by atoms with Crippen LogP contribution in [0, 0.1) is 11.8 Å². The van der Waals surface area contributed by atoms with Crippen LogP contribution >= 0.6 is 0 Å². The fourth-order valence-corrected chi connectivity index (χ4v) is 1.74. The lowest BCUT2D eigenvalue weighted by Gasteiger charge is -2.37. The Balaban J connectivity index is 2.74. The Labute approximate surface area is 78.8 Å². The molecule has 3 heteroatoms.